The average Bonchev–Trinajstić information content (AvgIpc) is 2.65. The van der Waals surface area contributed by atoms with Crippen LogP contribution in [0.4, 0.5) is 11.4 Å². The maximum absolute atomic E-state index is 12.3. The van der Waals surface area contributed by atoms with E-state index in [9.17, 15) is 14.9 Å². The van der Waals surface area contributed by atoms with E-state index in [-0.39, 0.29) is 16.3 Å². The summed E-state index contributed by atoms with van der Waals surface area (Å²) in [4.78, 5) is 22.5. The number of nitrogens with one attached hydrogen (secondary N) is 1. The second-order valence-corrected chi connectivity index (χ2v) is 4.95. The lowest BCUT2D eigenvalue weighted by Gasteiger charge is -2.07. The highest BCUT2D eigenvalue weighted by molar-refractivity contribution is 6.34. The van der Waals surface area contributed by atoms with Crippen molar-refractivity contribution in [1.29, 1.82) is 0 Å². The molecule has 2 aromatic rings. The van der Waals surface area contributed by atoms with Crippen LogP contribution in [-0.2, 0) is 7.05 Å². The van der Waals surface area contributed by atoms with Gasteiger partial charge in [-0.1, -0.05) is 11.6 Å². The minimum Gasteiger partial charge on any atom is -0.319 e. The molecule has 1 aromatic carbocycles. The van der Waals surface area contributed by atoms with Crippen molar-refractivity contribution in [2.24, 2.45) is 7.05 Å². The highest BCUT2D eigenvalue weighted by Gasteiger charge is 2.18. The molecule has 110 valence electrons. The smallest absolute Gasteiger partial charge is 0.270 e. The van der Waals surface area contributed by atoms with Crippen LogP contribution in [0.5, 0.6) is 0 Å². The molecular weight excluding hydrogens is 296 g/mol. The number of nitro groups is 1. The van der Waals surface area contributed by atoms with E-state index in [4.69, 9.17) is 11.6 Å². The number of carbonyl (C=O) groups is 1. The molecule has 0 bridgehead atoms. The molecule has 1 N–H and O–H groups in total. The van der Waals surface area contributed by atoms with Gasteiger partial charge in [-0.3, -0.25) is 19.6 Å². The van der Waals surface area contributed by atoms with E-state index in [0.717, 1.165) is 11.8 Å². The van der Waals surface area contributed by atoms with Crippen molar-refractivity contribution in [2.45, 2.75) is 13.8 Å². The zero-order chi connectivity index (χ0) is 15.7. The lowest BCUT2D eigenvalue weighted by molar-refractivity contribution is -0.384. The second kappa shape index (κ2) is 5.53. The third-order valence-corrected chi connectivity index (χ3v) is 3.48. The van der Waals surface area contributed by atoms with Crippen LogP contribution in [0.1, 0.15) is 21.7 Å². The van der Waals surface area contributed by atoms with Crippen molar-refractivity contribution >= 4 is 28.9 Å². The summed E-state index contributed by atoms with van der Waals surface area (Å²) in [5.41, 5.74) is 1.87. The molecule has 0 atom stereocenters. The van der Waals surface area contributed by atoms with Crippen LogP contribution in [0.2, 0.25) is 5.02 Å². The molecule has 0 aliphatic rings. The summed E-state index contributed by atoms with van der Waals surface area (Å²) in [5.74, 6) is -0.511. The van der Waals surface area contributed by atoms with Crippen molar-refractivity contribution < 1.29 is 9.72 Å². The molecule has 0 spiro atoms. The van der Waals surface area contributed by atoms with Gasteiger partial charge in [-0.15, -0.1) is 0 Å². The maximum Gasteiger partial charge on any atom is 0.270 e. The Labute approximate surface area is 125 Å². The molecule has 0 fully saturated rings. The predicted molar refractivity (Wildman–Crippen MR) is 78.7 cm³/mol. The Hall–Kier alpha value is -2.41. The molecule has 0 aliphatic heterocycles. The van der Waals surface area contributed by atoms with Crippen molar-refractivity contribution in [3.8, 4) is 0 Å². The average molecular weight is 309 g/mol. The fraction of sp³-hybridized carbons (Fsp3) is 0.231. The molecule has 1 aromatic heterocycles. The number of aryl methyl sites for hydroxylation is 2. The standard InChI is InChI=1S/C13H13ClN4O3/c1-7-12(8(2)17(3)16-7)15-13(19)10-6-9(18(20)21)4-5-11(10)14/h4-6H,1-3H3,(H,15,19). The first-order chi connectivity index (χ1) is 9.81. The zero-order valence-corrected chi connectivity index (χ0v) is 12.4. The maximum atomic E-state index is 12.3. The van der Waals surface area contributed by atoms with Gasteiger partial charge in [0.15, 0.2) is 0 Å². The monoisotopic (exact) mass is 308 g/mol. The molecule has 2 rings (SSSR count). The number of non-ortho nitro benzene ring substituents is 1. The summed E-state index contributed by atoms with van der Waals surface area (Å²) in [5, 5.41) is 17.8. The van der Waals surface area contributed by atoms with Gasteiger partial charge in [0.05, 0.1) is 32.6 Å². The Balaban J connectivity index is 2.36. The molecule has 0 saturated heterocycles. The predicted octanol–water partition coefficient (Wildman–Crippen LogP) is 2.85. The summed E-state index contributed by atoms with van der Waals surface area (Å²) >= 11 is 5.94. The van der Waals surface area contributed by atoms with Gasteiger partial charge in [0.1, 0.15) is 0 Å². The number of nitro benzene ring substituents is 1. The summed E-state index contributed by atoms with van der Waals surface area (Å²) in [6.07, 6.45) is 0. The van der Waals surface area contributed by atoms with Crippen molar-refractivity contribution in [1.82, 2.24) is 9.78 Å². The number of hydrogen-bond donors (Lipinski definition) is 1. The largest absolute Gasteiger partial charge is 0.319 e. The van der Waals surface area contributed by atoms with E-state index in [1.807, 2.05) is 6.92 Å². The van der Waals surface area contributed by atoms with E-state index in [1.54, 1.807) is 18.7 Å². The van der Waals surface area contributed by atoms with Crippen LogP contribution in [0.15, 0.2) is 18.2 Å². The lowest BCUT2D eigenvalue weighted by atomic mass is 10.1. The Morgan fingerprint density at radius 3 is 2.62 bits per heavy atom. The van der Waals surface area contributed by atoms with E-state index >= 15 is 0 Å². The fourth-order valence-corrected chi connectivity index (χ4v) is 2.14. The minimum atomic E-state index is -0.576. The number of aromatic nitrogens is 2. The normalized spacial score (nSPS) is 10.5. The summed E-state index contributed by atoms with van der Waals surface area (Å²) < 4.78 is 1.64. The SMILES string of the molecule is Cc1nn(C)c(C)c1NC(=O)c1cc([N+](=O)[O-])ccc1Cl. The topological polar surface area (TPSA) is 90.1 Å². The number of anilines is 1. The zero-order valence-electron chi connectivity index (χ0n) is 11.7. The number of halogens is 1. The molecule has 8 heteroatoms. The number of benzene rings is 1. The number of carbonyl (C=O) groups excluding carboxylic acids is 1. The number of rotatable bonds is 3. The first-order valence-corrected chi connectivity index (χ1v) is 6.44. The third-order valence-electron chi connectivity index (χ3n) is 3.15. The molecule has 1 amide bonds. The first-order valence-electron chi connectivity index (χ1n) is 6.06. The van der Waals surface area contributed by atoms with Gasteiger partial charge in [-0.25, -0.2) is 0 Å². The summed E-state index contributed by atoms with van der Waals surface area (Å²) in [7, 11) is 1.76. The number of amides is 1. The van der Waals surface area contributed by atoms with Crippen LogP contribution in [-0.4, -0.2) is 20.6 Å². The second-order valence-electron chi connectivity index (χ2n) is 4.54. The molecule has 7 nitrogen and oxygen atoms in total. The summed E-state index contributed by atoms with van der Waals surface area (Å²) in [6, 6.07) is 3.73. The van der Waals surface area contributed by atoms with E-state index in [0.29, 0.717) is 11.4 Å². The molecule has 0 radical (unpaired) electrons. The number of nitrogens with zero attached hydrogens (tertiary/aromatic N) is 3. The Bertz CT molecular complexity index is 739. The minimum absolute atomic E-state index is 0.0496. The lowest BCUT2D eigenvalue weighted by Crippen LogP contribution is -2.14. The van der Waals surface area contributed by atoms with Gasteiger partial charge in [0.2, 0.25) is 0 Å². The molecule has 1 heterocycles. The van der Waals surface area contributed by atoms with Crippen molar-refractivity contribution in [2.75, 3.05) is 5.32 Å². The molecule has 0 saturated carbocycles. The highest BCUT2D eigenvalue weighted by atomic mass is 35.5. The van der Waals surface area contributed by atoms with Gasteiger partial charge in [-0.2, -0.15) is 5.10 Å². The Morgan fingerprint density at radius 1 is 1.43 bits per heavy atom. The highest BCUT2D eigenvalue weighted by Crippen LogP contribution is 2.25. The Kier molecular flexibility index (Phi) is 3.95. The van der Waals surface area contributed by atoms with Crippen LogP contribution in [0.3, 0.4) is 0 Å². The Morgan fingerprint density at radius 2 is 2.10 bits per heavy atom. The quantitative estimate of drug-likeness (QED) is 0.697. The van der Waals surface area contributed by atoms with Gasteiger partial charge < -0.3 is 5.32 Å². The molecule has 0 aliphatic carbocycles. The first kappa shape index (κ1) is 15.0. The van der Waals surface area contributed by atoms with Gasteiger partial charge in [-0.05, 0) is 19.9 Å². The van der Waals surface area contributed by atoms with Gasteiger partial charge in [0.25, 0.3) is 11.6 Å². The van der Waals surface area contributed by atoms with Crippen molar-refractivity contribution in [3.05, 3.63) is 50.3 Å². The fourth-order valence-electron chi connectivity index (χ4n) is 1.94. The van der Waals surface area contributed by atoms with Crippen molar-refractivity contribution in [3.63, 3.8) is 0 Å². The van der Waals surface area contributed by atoms with Gasteiger partial charge in [0, 0.05) is 19.2 Å². The van der Waals surface area contributed by atoms with E-state index in [1.165, 1.54) is 12.1 Å². The third kappa shape index (κ3) is 2.87. The number of hydrogen-bond acceptors (Lipinski definition) is 4. The van der Waals surface area contributed by atoms with E-state index < -0.39 is 10.8 Å². The van der Waals surface area contributed by atoms with Crippen LogP contribution in [0, 0.1) is 24.0 Å². The molecular formula is C13H13ClN4O3. The van der Waals surface area contributed by atoms with Crippen LogP contribution in [0.25, 0.3) is 0 Å². The molecule has 0 unspecified atom stereocenters. The molecule has 21 heavy (non-hydrogen) atoms. The summed E-state index contributed by atoms with van der Waals surface area (Å²) in [6.45, 7) is 3.57. The van der Waals surface area contributed by atoms with Crippen LogP contribution >= 0.6 is 11.6 Å². The van der Waals surface area contributed by atoms with Crippen LogP contribution < -0.4 is 5.32 Å². The van der Waals surface area contributed by atoms with Gasteiger partial charge >= 0.3 is 0 Å². The van der Waals surface area contributed by atoms with E-state index in [2.05, 4.69) is 10.4 Å².